The van der Waals surface area contributed by atoms with Crippen LogP contribution in [0.3, 0.4) is 0 Å². The molecule has 1 saturated heterocycles. The monoisotopic (exact) mass is 390 g/mol. The number of hydrogen-bond acceptors (Lipinski definition) is 10. The van der Waals surface area contributed by atoms with Gasteiger partial charge in [-0.2, -0.15) is 0 Å². The van der Waals surface area contributed by atoms with E-state index in [0.29, 0.717) is 0 Å². The normalized spacial score (nSPS) is 27.4. The molecule has 0 aromatic heterocycles. The number of rotatable bonds is 8. The second kappa shape index (κ2) is 10.8. The molecule has 27 heavy (non-hydrogen) atoms. The maximum Gasteiger partial charge on any atom is 0.306 e. The van der Waals surface area contributed by atoms with Gasteiger partial charge in [0.1, 0.15) is 12.7 Å². The highest BCUT2D eigenvalue weighted by molar-refractivity contribution is 5.71. The topological polar surface area (TPSA) is 135 Å². The Hall–Kier alpha value is -2.20. The molecule has 0 aliphatic carbocycles. The number of aliphatic hydroxyl groups is 1. The van der Waals surface area contributed by atoms with Crippen molar-refractivity contribution in [2.45, 2.75) is 77.7 Å². The summed E-state index contributed by atoms with van der Waals surface area (Å²) in [6.07, 6.45) is -6.74. The molecule has 1 aliphatic heterocycles. The van der Waals surface area contributed by atoms with Crippen molar-refractivity contribution in [3.63, 3.8) is 0 Å². The average molecular weight is 390 g/mol. The first-order valence-electron chi connectivity index (χ1n) is 8.78. The molecule has 0 spiro atoms. The largest absolute Gasteiger partial charge is 0.463 e. The van der Waals surface area contributed by atoms with Gasteiger partial charge < -0.3 is 28.8 Å². The molecular formula is C17H26O10. The molecule has 1 fully saturated rings. The SMILES string of the molecule is CCC(=O)O[C@H]1[C@H](OC(=O)CC)[C@@H](OC(=O)CC)C(O)O[C@@H]1COC(C)=O. The number of hydrogen-bond donors (Lipinski definition) is 1. The van der Waals surface area contributed by atoms with Gasteiger partial charge in [0.15, 0.2) is 24.6 Å². The standard InChI is InChI=1S/C17H26O10/c1-5-11(19)25-14-10(8-23-9(4)18)24-17(22)16(27-13(21)7-3)15(14)26-12(20)6-2/h10,14-17,22H,5-8H2,1-4H3/t10-,14-,15+,16-,17?/m1/s1. The Bertz CT molecular complexity index is 546. The highest BCUT2D eigenvalue weighted by Crippen LogP contribution is 2.28. The third kappa shape index (κ3) is 6.79. The van der Waals surface area contributed by atoms with Gasteiger partial charge in [-0.3, -0.25) is 19.2 Å². The molecule has 10 nitrogen and oxygen atoms in total. The third-order valence-corrected chi connectivity index (χ3v) is 3.73. The predicted octanol–water partition coefficient (Wildman–Crippen LogP) is 0.232. The molecule has 1 heterocycles. The van der Waals surface area contributed by atoms with Crippen molar-refractivity contribution in [2.24, 2.45) is 0 Å². The summed E-state index contributed by atoms with van der Waals surface area (Å²) in [6, 6.07) is 0. The lowest BCUT2D eigenvalue weighted by molar-refractivity contribution is -0.297. The van der Waals surface area contributed by atoms with Gasteiger partial charge in [0.05, 0.1) is 0 Å². The maximum atomic E-state index is 11.9. The minimum absolute atomic E-state index is 0.00491. The van der Waals surface area contributed by atoms with Gasteiger partial charge >= 0.3 is 23.9 Å². The summed E-state index contributed by atoms with van der Waals surface area (Å²) in [7, 11) is 0. The second-order valence-electron chi connectivity index (χ2n) is 5.79. The van der Waals surface area contributed by atoms with Crippen LogP contribution < -0.4 is 0 Å². The van der Waals surface area contributed by atoms with E-state index in [1.165, 1.54) is 6.92 Å². The number of ether oxygens (including phenoxy) is 5. The molecule has 5 atom stereocenters. The minimum atomic E-state index is -1.67. The molecule has 1 rings (SSSR count). The Labute approximate surface area is 157 Å². The summed E-state index contributed by atoms with van der Waals surface area (Å²) in [4.78, 5) is 46.5. The first-order chi connectivity index (χ1) is 12.7. The zero-order valence-electron chi connectivity index (χ0n) is 15.8. The third-order valence-electron chi connectivity index (χ3n) is 3.73. The van der Waals surface area contributed by atoms with Crippen molar-refractivity contribution in [1.29, 1.82) is 0 Å². The molecule has 0 aromatic rings. The summed E-state index contributed by atoms with van der Waals surface area (Å²) in [5.41, 5.74) is 0. The van der Waals surface area contributed by atoms with E-state index in [4.69, 9.17) is 23.7 Å². The summed E-state index contributed by atoms with van der Waals surface area (Å²) in [6.45, 7) is 5.47. The Morgan fingerprint density at radius 3 is 1.70 bits per heavy atom. The van der Waals surface area contributed by atoms with Crippen LogP contribution in [0.5, 0.6) is 0 Å². The Morgan fingerprint density at radius 2 is 1.26 bits per heavy atom. The zero-order chi connectivity index (χ0) is 20.6. The van der Waals surface area contributed by atoms with E-state index in [9.17, 15) is 24.3 Å². The van der Waals surface area contributed by atoms with Crippen LogP contribution >= 0.6 is 0 Å². The second-order valence-corrected chi connectivity index (χ2v) is 5.79. The van der Waals surface area contributed by atoms with Crippen molar-refractivity contribution in [2.75, 3.05) is 6.61 Å². The van der Waals surface area contributed by atoms with Gasteiger partial charge in [-0.15, -0.1) is 0 Å². The summed E-state index contributed by atoms with van der Waals surface area (Å²) in [5, 5.41) is 10.2. The van der Waals surface area contributed by atoms with E-state index >= 15 is 0 Å². The van der Waals surface area contributed by atoms with Gasteiger partial charge in [-0.05, 0) is 0 Å². The van der Waals surface area contributed by atoms with Crippen molar-refractivity contribution < 1.29 is 48.0 Å². The molecule has 0 radical (unpaired) electrons. The van der Waals surface area contributed by atoms with Crippen molar-refractivity contribution >= 4 is 23.9 Å². The van der Waals surface area contributed by atoms with E-state index < -0.39 is 54.6 Å². The molecular weight excluding hydrogens is 364 g/mol. The number of esters is 4. The predicted molar refractivity (Wildman–Crippen MR) is 88.0 cm³/mol. The Balaban J connectivity index is 3.18. The smallest absolute Gasteiger partial charge is 0.306 e. The van der Waals surface area contributed by atoms with Gasteiger partial charge in [-0.1, -0.05) is 20.8 Å². The lowest BCUT2D eigenvalue weighted by atomic mass is 9.98. The van der Waals surface area contributed by atoms with Crippen LogP contribution in [-0.4, -0.2) is 66.3 Å². The van der Waals surface area contributed by atoms with Crippen LogP contribution in [0.25, 0.3) is 0 Å². The minimum Gasteiger partial charge on any atom is -0.463 e. The maximum absolute atomic E-state index is 11.9. The number of carbonyl (C=O) groups is 4. The average Bonchev–Trinajstić information content (AvgIpc) is 2.64. The van der Waals surface area contributed by atoms with Gasteiger partial charge in [-0.25, -0.2) is 0 Å². The fourth-order valence-corrected chi connectivity index (χ4v) is 2.34. The molecule has 1 N–H and O–H groups in total. The zero-order valence-corrected chi connectivity index (χ0v) is 15.8. The van der Waals surface area contributed by atoms with Gasteiger partial charge in [0, 0.05) is 26.2 Å². The lowest BCUT2D eigenvalue weighted by Gasteiger charge is -2.42. The fourth-order valence-electron chi connectivity index (χ4n) is 2.34. The van der Waals surface area contributed by atoms with E-state index in [1.54, 1.807) is 20.8 Å². The van der Waals surface area contributed by atoms with Gasteiger partial charge in [0.25, 0.3) is 0 Å². The van der Waals surface area contributed by atoms with E-state index in [1.807, 2.05) is 0 Å². The van der Waals surface area contributed by atoms with Crippen molar-refractivity contribution in [1.82, 2.24) is 0 Å². The molecule has 1 unspecified atom stereocenters. The van der Waals surface area contributed by atoms with Crippen molar-refractivity contribution in [3.05, 3.63) is 0 Å². The summed E-state index contributed by atoms with van der Waals surface area (Å²) >= 11 is 0. The Morgan fingerprint density at radius 1 is 0.815 bits per heavy atom. The van der Waals surface area contributed by atoms with E-state index in [2.05, 4.69) is 0 Å². The Kier molecular flexibility index (Phi) is 9.16. The summed E-state index contributed by atoms with van der Waals surface area (Å²) in [5.74, 6) is -2.57. The van der Waals surface area contributed by atoms with Crippen LogP contribution in [0.4, 0.5) is 0 Å². The summed E-state index contributed by atoms with van der Waals surface area (Å²) < 4.78 is 25.9. The highest BCUT2D eigenvalue weighted by atomic mass is 16.7. The quantitative estimate of drug-likeness (QED) is 0.453. The number of carbonyl (C=O) groups excluding carboxylic acids is 4. The molecule has 10 heteroatoms. The van der Waals surface area contributed by atoms with Crippen LogP contribution in [0.15, 0.2) is 0 Å². The molecule has 0 amide bonds. The first kappa shape index (κ1) is 22.8. The molecule has 1 aliphatic rings. The van der Waals surface area contributed by atoms with Crippen LogP contribution in [-0.2, 0) is 42.9 Å². The van der Waals surface area contributed by atoms with Crippen LogP contribution in [0.1, 0.15) is 47.0 Å². The van der Waals surface area contributed by atoms with E-state index in [0.717, 1.165) is 0 Å². The lowest BCUT2D eigenvalue weighted by Crippen LogP contribution is -2.62. The van der Waals surface area contributed by atoms with Crippen LogP contribution in [0, 0.1) is 0 Å². The van der Waals surface area contributed by atoms with Crippen LogP contribution in [0.2, 0.25) is 0 Å². The van der Waals surface area contributed by atoms with E-state index in [-0.39, 0.29) is 25.9 Å². The first-order valence-corrected chi connectivity index (χ1v) is 8.78. The highest BCUT2D eigenvalue weighted by Gasteiger charge is 2.52. The number of aliphatic hydroxyl groups excluding tert-OH is 1. The van der Waals surface area contributed by atoms with Gasteiger partial charge in [0.2, 0.25) is 0 Å². The molecule has 0 saturated carbocycles. The molecule has 0 aromatic carbocycles. The fraction of sp³-hybridized carbons (Fsp3) is 0.765. The molecule has 0 bridgehead atoms. The molecule has 154 valence electrons. The van der Waals surface area contributed by atoms with Crippen molar-refractivity contribution in [3.8, 4) is 0 Å².